The number of nitrogens with one attached hydrogen (secondary N) is 2. The lowest BCUT2D eigenvalue weighted by Crippen LogP contribution is -2.01. The van der Waals surface area contributed by atoms with E-state index in [1.807, 2.05) is 60.7 Å². The highest BCUT2D eigenvalue weighted by Crippen LogP contribution is 2.26. The zero-order chi connectivity index (χ0) is 31.8. The molecule has 4 heterocycles. The Labute approximate surface area is 266 Å². The van der Waals surface area contributed by atoms with Gasteiger partial charge in [-0.3, -0.25) is 0 Å². The van der Waals surface area contributed by atoms with E-state index in [1.54, 1.807) is 33.7 Å². The van der Waals surface area contributed by atoms with E-state index in [9.17, 15) is 9.59 Å². The summed E-state index contributed by atoms with van der Waals surface area (Å²) in [6.45, 7) is 0. The van der Waals surface area contributed by atoms with E-state index >= 15 is 0 Å². The normalized spacial score (nSPS) is 10.4. The van der Waals surface area contributed by atoms with E-state index in [2.05, 4.69) is 35.3 Å². The minimum absolute atomic E-state index is 0.0505. The molecule has 3 N–H and O–H groups in total. The summed E-state index contributed by atoms with van der Waals surface area (Å²) in [5.74, 6) is -0.372. The van der Waals surface area contributed by atoms with Crippen LogP contribution in [0.25, 0.3) is 11.4 Å². The summed E-state index contributed by atoms with van der Waals surface area (Å²) in [6.07, 6.45) is 8.90. The fraction of sp³-hybridized carbons (Fsp3) is 0.0323. The molecule has 2 aromatic carbocycles. The molecule has 4 aromatic heterocycles. The maximum atomic E-state index is 11.5. The monoisotopic (exact) mass is 642 g/mol. The summed E-state index contributed by atoms with van der Waals surface area (Å²) < 4.78 is 7.84. The number of carboxylic acids is 1. The molecule has 0 spiro atoms. The molecule has 12 nitrogen and oxygen atoms in total. The van der Waals surface area contributed by atoms with E-state index in [0.717, 1.165) is 11.4 Å². The predicted octanol–water partition coefficient (Wildman–Crippen LogP) is 6.81. The number of anilines is 4. The summed E-state index contributed by atoms with van der Waals surface area (Å²) in [4.78, 5) is 38.7. The molecule has 0 bridgehead atoms. The van der Waals surface area contributed by atoms with Gasteiger partial charge in [-0.25, -0.2) is 29.5 Å². The van der Waals surface area contributed by atoms with Gasteiger partial charge in [0.15, 0.2) is 11.4 Å². The lowest BCUT2D eigenvalue weighted by atomic mass is 10.3. The molecular formula is C31H24Cl2N8O4. The number of rotatable bonds is 8. The number of ether oxygens (including phenoxy) is 1. The molecule has 0 aliphatic heterocycles. The Morgan fingerprint density at radius 1 is 0.711 bits per heavy atom. The SMILES string of the molecule is COC(=O)c1cn(-c2cc(Nc3ccccc3)ncc2Cl)cn1.O=C(O)c1cn(-c2cc(Nc3ccccc3)ncc2Cl)cn1. The lowest BCUT2D eigenvalue weighted by molar-refractivity contribution is 0.0593. The number of carboxylic acid groups (broad SMARTS) is 1. The minimum atomic E-state index is -1.09. The number of imidazole rings is 2. The molecule has 226 valence electrons. The third-order valence-electron chi connectivity index (χ3n) is 6.10. The Kier molecular flexibility index (Phi) is 9.67. The van der Waals surface area contributed by atoms with Crippen molar-refractivity contribution in [1.82, 2.24) is 29.1 Å². The molecular weight excluding hydrogens is 619 g/mol. The number of benzene rings is 2. The Bertz CT molecular complexity index is 1930. The van der Waals surface area contributed by atoms with Gasteiger partial charge in [-0.1, -0.05) is 59.6 Å². The predicted molar refractivity (Wildman–Crippen MR) is 170 cm³/mol. The van der Waals surface area contributed by atoms with Crippen LogP contribution in [-0.4, -0.2) is 53.2 Å². The van der Waals surface area contributed by atoms with Crippen molar-refractivity contribution in [2.24, 2.45) is 0 Å². The second-order valence-electron chi connectivity index (χ2n) is 9.15. The van der Waals surface area contributed by atoms with Gasteiger partial charge < -0.3 is 29.6 Å². The number of pyridine rings is 2. The first-order chi connectivity index (χ1) is 21.8. The summed E-state index contributed by atoms with van der Waals surface area (Å²) in [7, 11) is 1.31. The number of aromatic carboxylic acids is 1. The standard InChI is InChI=1S/C16H13ClN4O2.C15H11ClN4O2/c1-23-16(22)13-9-21(10-19-13)14-7-15(18-8-12(14)17)20-11-5-3-2-4-6-11;16-11-7-17-14(19-10-4-2-1-3-5-10)6-13(11)20-8-12(15(21)22)18-9-20/h2-10H,1H3,(H,18,20);1-9H,(H,17,19)(H,21,22). The molecule has 0 amide bonds. The van der Waals surface area contributed by atoms with Crippen LogP contribution >= 0.6 is 23.2 Å². The largest absolute Gasteiger partial charge is 0.476 e. The molecule has 6 aromatic rings. The van der Waals surface area contributed by atoms with Gasteiger partial charge in [-0.15, -0.1) is 0 Å². The van der Waals surface area contributed by atoms with Gasteiger partial charge in [-0.2, -0.15) is 0 Å². The molecule has 0 saturated carbocycles. The molecule has 6 rings (SSSR count). The molecule has 0 radical (unpaired) electrons. The fourth-order valence-electron chi connectivity index (χ4n) is 3.96. The first-order valence-electron chi connectivity index (χ1n) is 13.2. The van der Waals surface area contributed by atoms with Crippen molar-refractivity contribution in [3.8, 4) is 11.4 Å². The number of hydrogen-bond donors (Lipinski definition) is 3. The first-order valence-corrected chi connectivity index (χ1v) is 13.9. The number of aromatic nitrogens is 6. The van der Waals surface area contributed by atoms with Gasteiger partial charge in [-0.05, 0) is 24.3 Å². The van der Waals surface area contributed by atoms with Gasteiger partial charge >= 0.3 is 11.9 Å². The first kappa shape index (κ1) is 30.7. The maximum absolute atomic E-state index is 11.5. The van der Waals surface area contributed by atoms with E-state index in [0.29, 0.717) is 33.1 Å². The number of para-hydroxylation sites is 2. The van der Waals surface area contributed by atoms with Crippen LogP contribution in [0.3, 0.4) is 0 Å². The van der Waals surface area contributed by atoms with Crippen LogP contribution < -0.4 is 10.6 Å². The second-order valence-corrected chi connectivity index (χ2v) is 9.97. The van der Waals surface area contributed by atoms with Crippen LogP contribution in [0, 0.1) is 0 Å². The third-order valence-corrected chi connectivity index (χ3v) is 6.68. The summed E-state index contributed by atoms with van der Waals surface area (Å²) >= 11 is 12.3. The average molecular weight is 643 g/mol. The van der Waals surface area contributed by atoms with Crippen molar-refractivity contribution in [2.75, 3.05) is 17.7 Å². The lowest BCUT2D eigenvalue weighted by Gasteiger charge is -2.09. The van der Waals surface area contributed by atoms with Crippen LogP contribution in [0.4, 0.5) is 23.0 Å². The number of hydrogen-bond acceptors (Lipinski definition) is 9. The van der Waals surface area contributed by atoms with E-state index in [4.69, 9.17) is 28.3 Å². The van der Waals surface area contributed by atoms with E-state index in [-0.39, 0.29) is 11.4 Å². The van der Waals surface area contributed by atoms with Crippen molar-refractivity contribution < 1.29 is 19.4 Å². The summed E-state index contributed by atoms with van der Waals surface area (Å²) in [5.41, 5.74) is 3.20. The van der Waals surface area contributed by atoms with Crippen molar-refractivity contribution in [2.45, 2.75) is 0 Å². The zero-order valence-electron chi connectivity index (χ0n) is 23.5. The van der Waals surface area contributed by atoms with Crippen molar-refractivity contribution in [1.29, 1.82) is 0 Å². The highest BCUT2D eigenvalue weighted by atomic mass is 35.5. The third kappa shape index (κ3) is 7.82. The molecule has 0 aliphatic carbocycles. The van der Waals surface area contributed by atoms with Crippen LogP contribution in [0.15, 0.2) is 110 Å². The van der Waals surface area contributed by atoms with Crippen LogP contribution in [0.2, 0.25) is 10.0 Å². The Morgan fingerprint density at radius 3 is 1.58 bits per heavy atom. The number of carbonyl (C=O) groups is 2. The molecule has 0 fully saturated rings. The minimum Gasteiger partial charge on any atom is -0.476 e. The Morgan fingerprint density at radius 2 is 1.16 bits per heavy atom. The fourth-order valence-corrected chi connectivity index (χ4v) is 4.36. The number of carbonyl (C=O) groups excluding carboxylic acids is 1. The molecule has 0 atom stereocenters. The highest BCUT2D eigenvalue weighted by Gasteiger charge is 2.13. The van der Waals surface area contributed by atoms with E-state index < -0.39 is 11.9 Å². The topological polar surface area (TPSA) is 149 Å². The number of nitrogens with zero attached hydrogens (tertiary/aromatic N) is 6. The number of halogens is 2. The van der Waals surface area contributed by atoms with E-state index in [1.165, 1.54) is 32.2 Å². The molecule has 14 heteroatoms. The van der Waals surface area contributed by atoms with Crippen LogP contribution in [-0.2, 0) is 4.74 Å². The van der Waals surface area contributed by atoms with Crippen LogP contribution in [0.5, 0.6) is 0 Å². The average Bonchev–Trinajstić information content (AvgIpc) is 3.75. The quantitative estimate of drug-likeness (QED) is 0.151. The second kappa shape index (κ2) is 14.2. The van der Waals surface area contributed by atoms with Gasteiger partial charge in [0, 0.05) is 35.9 Å². The van der Waals surface area contributed by atoms with Gasteiger partial charge in [0.2, 0.25) is 0 Å². The van der Waals surface area contributed by atoms with Gasteiger partial charge in [0.1, 0.15) is 24.3 Å². The van der Waals surface area contributed by atoms with Crippen molar-refractivity contribution in [3.05, 3.63) is 132 Å². The van der Waals surface area contributed by atoms with Crippen LogP contribution in [0.1, 0.15) is 21.0 Å². The molecule has 0 aliphatic rings. The molecule has 0 unspecified atom stereocenters. The van der Waals surface area contributed by atoms with Crippen molar-refractivity contribution in [3.63, 3.8) is 0 Å². The van der Waals surface area contributed by atoms with Gasteiger partial charge in [0.05, 0.1) is 40.9 Å². The Balaban J connectivity index is 0.000000178. The zero-order valence-corrected chi connectivity index (χ0v) is 25.0. The van der Waals surface area contributed by atoms with Crippen molar-refractivity contribution >= 4 is 58.2 Å². The summed E-state index contributed by atoms with van der Waals surface area (Å²) in [6, 6.07) is 22.7. The number of methoxy groups -OCH3 is 1. The maximum Gasteiger partial charge on any atom is 0.358 e. The smallest absolute Gasteiger partial charge is 0.358 e. The summed E-state index contributed by atoms with van der Waals surface area (Å²) in [5, 5.41) is 16.1. The molecule has 45 heavy (non-hydrogen) atoms. The highest BCUT2D eigenvalue weighted by molar-refractivity contribution is 6.32. The van der Waals surface area contributed by atoms with Gasteiger partial charge in [0.25, 0.3) is 0 Å². The Hall–Kier alpha value is -5.72. The molecule has 0 saturated heterocycles. The number of esters is 1.